The maximum atomic E-state index is 12.4. The van der Waals surface area contributed by atoms with Gasteiger partial charge in [-0.3, -0.25) is 4.79 Å². The molecule has 3 N–H and O–H groups in total. The van der Waals surface area contributed by atoms with Crippen molar-refractivity contribution in [3.05, 3.63) is 59.7 Å². The zero-order valence-electron chi connectivity index (χ0n) is 19.6. The number of rotatable bonds is 9. The average Bonchev–Trinajstić information content (AvgIpc) is 3.13. The molecule has 2 aliphatic rings. The minimum Gasteiger partial charge on any atom is -0.480 e. The maximum absolute atomic E-state index is 12.4. The molecule has 2 aliphatic carbocycles. The van der Waals surface area contributed by atoms with Gasteiger partial charge in [-0.05, 0) is 46.9 Å². The van der Waals surface area contributed by atoms with E-state index in [1.165, 1.54) is 22.3 Å². The van der Waals surface area contributed by atoms with Crippen LogP contribution < -0.4 is 10.6 Å². The van der Waals surface area contributed by atoms with Gasteiger partial charge in [0.1, 0.15) is 12.6 Å². The Morgan fingerprint density at radius 3 is 2.18 bits per heavy atom. The van der Waals surface area contributed by atoms with Gasteiger partial charge in [0.15, 0.2) is 0 Å². The van der Waals surface area contributed by atoms with E-state index in [1.807, 2.05) is 38.1 Å². The molecule has 0 aliphatic heterocycles. The molecule has 2 amide bonds. The van der Waals surface area contributed by atoms with Crippen LogP contribution in [0.3, 0.4) is 0 Å². The first-order chi connectivity index (χ1) is 16.4. The number of ether oxygens (including phenoxy) is 1. The van der Waals surface area contributed by atoms with Gasteiger partial charge in [0.05, 0.1) is 0 Å². The molecular formula is C27H32N2O5. The molecule has 2 aromatic carbocycles. The van der Waals surface area contributed by atoms with Gasteiger partial charge in [-0.2, -0.15) is 0 Å². The summed E-state index contributed by atoms with van der Waals surface area (Å²) >= 11 is 0. The van der Waals surface area contributed by atoms with Crippen LogP contribution in [0.1, 0.15) is 56.6 Å². The molecule has 7 nitrogen and oxygen atoms in total. The van der Waals surface area contributed by atoms with Gasteiger partial charge in [0, 0.05) is 18.4 Å². The van der Waals surface area contributed by atoms with Gasteiger partial charge in [0.2, 0.25) is 5.91 Å². The summed E-state index contributed by atoms with van der Waals surface area (Å²) in [7, 11) is 0. The monoisotopic (exact) mass is 464 g/mol. The highest BCUT2D eigenvalue weighted by molar-refractivity contribution is 5.84. The fourth-order valence-corrected chi connectivity index (χ4v) is 5.00. The number of amides is 2. The van der Waals surface area contributed by atoms with E-state index in [1.54, 1.807) is 0 Å². The lowest BCUT2D eigenvalue weighted by molar-refractivity contribution is -0.143. The molecule has 34 heavy (non-hydrogen) atoms. The third kappa shape index (κ3) is 5.08. The minimum absolute atomic E-state index is 0.0173. The standard InChI is InChI=1S/C27H32N2O5/c1-3-16(2)25(26(31)32)29-24(30)14-17-12-18(13-17)28-27(33)34-15-23-21-10-6-4-8-19(21)20-9-5-7-11-22(20)23/h4-11,16-18,23,25H,3,12-15H2,1-2H3,(H,28,33)(H,29,30)(H,31,32)/t16?,17?,18?,25-/m0/s1. The average molecular weight is 465 g/mol. The van der Waals surface area contributed by atoms with E-state index in [9.17, 15) is 19.5 Å². The van der Waals surface area contributed by atoms with Crippen LogP contribution in [0, 0.1) is 11.8 Å². The van der Waals surface area contributed by atoms with Gasteiger partial charge in [-0.1, -0.05) is 68.8 Å². The number of nitrogens with one attached hydrogen (secondary N) is 2. The van der Waals surface area contributed by atoms with E-state index in [0.29, 0.717) is 19.3 Å². The molecule has 4 rings (SSSR count). The van der Waals surface area contributed by atoms with Crippen LogP contribution in [0.4, 0.5) is 4.79 Å². The summed E-state index contributed by atoms with van der Waals surface area (Å²) < 4.78 is 5.59. The van der Waals surface area contributed by atoms with E-state index < -0.39 is 18.1 Å². The second kappa shape index (κ2) is 10.3. The molecule has 2 aromatic rings. The molecule has 0 aromatic heterocycles. The zero-order valence-corrected chi connectivity index (χ0v) is 19.6. The highest BCUT2D eigenvalue weighted by Gasteiger charge is 2.34. The summed E-state index contributed by atoms with van der Waals surface area (Å²) in [5.74, 6) is -1.25. The molecule has 1 saturated carbocycles. The molecular weight excluding hydrogens is 432 g/mol. The topological polar surface area (TPSA) is 105 Å². The lowest BCUT2D eigenvalue weighted by atomic mass is 9.78. The second-order valence-corrected chi connectivity index (χ2v) is 9.48. The molecule has 0 saturated heterocycles. The van der Waals surface area contributed by atoms with Gasteiger partial charge < -0.3 is 20.5 Å². The zero-order chi connectivity index (χ0) is 24.2. The molecule has 2 atom stereocenters. The predicted molar refractivity (Wildman–Crippen MR) is 128 cm³/mol. The first-order valence-electron chi connectivity index (χ1n) is 12.0. The van der Waals surface area contributed by atoms with E-state index in [0.717, 1.165) is 0 Å². The Balaban J connectivity index is 1.22. The number of alkyl carbamates (subject to hydrolysis) is 1. The molecule has 180 valence electrons. The van der Waals surface area contributed by atoms with Gasteiger partial charge in [0.25, 0.3) is 0 Å². The lowest BCUT2D eigenvalue weighted by Gasteiger charge is -2.35. The van der Waals surface area contributed by atoms with Gasteiger partial charge >= 0.3 is 12.1 Å². The van der Waals surface area contributed by atoms with Crippen molar-refractivity contribution in [2.75, 3.05) is 6.61 Å². The minimum atomic E-state index is -1.01. The van der Waals surface area contributed by atoms with Crippen molar-refractivity contribution < 1.29 is 24.2 Å². The Morgan fingerprint density at radius 2 is 1.62 bits per heavy atom. The van der Waals surface area contributed by atoms with Crippen molar-refractivity contribution in [2.24, 2.45) is 11.8 Å². The summed E-state index contributed by atoms with van der Waals surface area (Å²) in [5.41, 5.74) is 4.71. The van der Waals surface area contributed by atoms with Crippen molar-refractivity contribution in [3.8, 4) is 11.1 Å². The second-order valence-electron chi connectivity index (χ2n) is 9.48. The summed E-state index contributed by atoms with van der Waals surface area (Å²) in [4.78, 5) is 36.1. The number of benzene rings is 2. The van der Waals surface area contributed by atoms with Crippen molar-refractivity contribution in [1.29, 1.82) is 0 Å². The Kier molecular flexibility index (Phi) is 7.20. The molecule has 0 radical (unpaired) electrons. The van der Waals surface area contributed by atoms with Crippen LogP contribution in [0.15, 0.2) is 48.5 Å². The van der Waals surface area contributed by atoms with Crippen LogP contribution in [0.25, 0.3) is 11.1 Å². The summed E-state index contributed by atoms with van der Waals surface area (Å²) in [5, 5.41) is 14.9. The molecule has 1 fully saturated rings. The lowest BCUT2D eigenvalue weighted by Crippen LogP contribution is -2.48. The van der Waals surface area contributed by atoms with Crippen molar-refractivity contribution in [1.82, 2.24) is 10.6 Å². The number of hydrogen-bond acceptors (Lipinski definition) is 4. The molecule has 1 unspecified atom stereocenters. The predicted octanol–water partition coefficient (Wildman–Crippen LogP) is 4.31. The normalized spacial score (nSPS) is 20.3. The summed E-state index contributed by atoms with van der Waals surface area (Å²) in [6.07, 6.45) is 1.85. The van der Waals surface area contributed by atoms with E-state index in [4.69, 9.17) is 4.74 Å². The number of carbonyl (C=O) groups excluding carboxylic acids is 2. The smallest absolute Gasteiger partial charge is 0.407 e. The van der Waals surface area contributed by atoms with Crippen molar-refractivity contribution in [3.63, 3.8) is 0 Å². The largest absolute Gasteiger partial charge is 0.480 e. The third-order valence-corrected chi connectivity index (χ3v) is 7.17. The van der Waals surface area contributed by atoms with Crippen LogP contribution in [-0.4, -0.2) is 41.8 Å². The number of hydrogen-bond donors (Lipinski definition) is 3. The molecule has 0 heterocycles. The van der Waals surface area contributed by atoms with Crippen LogP contribution in [-0.2, 0) is 14.3 Å². The Hall–Kier alpha value is -3.35. The number of aliphatic carboxylic acids is 1. The fourth-order valence-electron chi connectivity index (χ4n) is 5.00. The SMILES string of the molecule is CCC(C)[C@H](NC(=O)CC1CC(NC(=O)OCC2c3ccccc3-c3ccccc32)C1)C(=O)O. The number of fused-ring (bicyclic) bond motifs is 3. The van der Waals surface area contributed by atoms with Crippen LogP contribution in [0.5, 0.6) is 0 Å². The highest BCUT2D eigenvalue weighted by atomic mass is 16.5. The van der Waals surface area contributed by atoms with Gasteiger partial charge in [-0.25, -0.2) is 9.59 Å². The molecule has 7 heteroatoms. The Bertz CT molecular complexity index is 1020. The van der Waals surface area contributed by atoms with Crippen LogP contribution >= 0.6 is 0 Å². The quantitative estimate of drug-likeness (QED) is 0.513. The first kappa shape index (κ1) is 23.8. The summed E-state index contributed by atoms with van der Waals surface area (Å²) in [6.45, 7) is 3.99. The Morgan fingerprint density at radius 1 is 1.03 bits per heavy atom. The number of carboxylic acid groups (broad SMARTS) is 1. The molecule has 0 spiro atoms. The van der Waals surface area contributed by atoms with Crippen LogP contribution in [0.2, 0.25) is 0 Å². The Labute approximate surface area is 199 Å². The fraction of sp³-hybridized carbons (Fsp3) is 0.444. The van der Waals surface area contributed by atoms with Gasteiger partial charge in [-0.15, -0.1) is 0 Å². The third-order valence-electron chi connectivity index (χ3n) is 7.17. The highest BCUT2D eigenvalue weighted by Crippen LogP contribution is 2.44. The van der Waals surface area contributed by atoms with E-state index in [-0.39, 0.29) is 42.7 Å². The van der Waals surface area contributed by atoms with E-state index in [2.05, 4.69) is 34.9 Å². The molecule has 0 bridgehead atoms. The number of carboxylic acids is 1. The first-order valence-corrected chi connectivity index (χ1v) is 12.0. The van der Waals surface area contributed by atoms with Crippen molar-refractivity contribution in [2.45, 2.75) is 57.5 Å². The summed E-state index contributed by atoms with van der Waals surface area (Å²) in [6, 6.07) is 15.5. The number of carbonyl (C=O) groups is 3. The maximum Gasteiger partial charge on any atom is 0.407 e. The van der Waals surface area contributed by atoms with E-state index >= 15 is 0 Å². The van der Waals surface area contributed by atoms with Crippen molar-refractivity contribution >= 4 is 18.0 Å².